The van der Waals surface area contributed by atoms with Gasteiger partial charge in [-0.1, -0.05) is 23.9 Å². The number of hydrogen-bond acceptors (Lipinski definition) is 2. The average Bonchev–Trinajstić information content (AvgIpc) is 2.04. The molecule has 0 aliphatic carbocycles. The second-order valence-corrected chi connectivity index (χ2v) is 4.01. The van der Waals surface area contributed by atoms with Crippen molar-refractivity contribution in [1.82, 2.24) is 0 Å². The third-order valence-corrected chi connectivity index (χ3v) is 2.45. The molecule has 0 aliphatic rings. The summed E-state index contributed by atoms with van der Waals surface area (Å²) in [6, 6.07) is 7.20. The summed E-state index contributed by atoms with van der Waals surface area (Å²) in [5.74, 6) is -1.60. The van der Waals surface area contributed by atoms with Crippen LogP contribution in [0, 0.1) is 0 Å². The molecule has 0 nitrogen and oxygen atoms in total. The lowest BCUT2D eigenvalue weighted by Gasteiger charge is -2.02. The number of hydrogen-bond donors (Lipinski definition) is 1. The number of thioether (sulfide) groups is 1. The van der Waals surface area contributed by atoms with Gasteiger partial charge in [0.15, 0.2) is 0 Å². The third-order valence-electron chi connectivity index (χ3n) is 1.52. The smallest absolute Gasteiger partial charge is 0.198 e. The van der Waals surface area contributed by atoms with E-state index in [0.717, 1.165) is 17.7 Å². The van der Waals surface area contributed by atoms with E-state index in [0.29, 0.717) is 16.7 Å². The molecule has 0 aromatic heterocycles. The van der Waals surface area contributed by atoms with Crippen LogP contribution in [-0.4, -0.2) is 11.5 Å². The molecule has 0 N–H and O–H groups in total. The lowest BCUT2D eigenvalue weighted by molar-refractivity contribution is 0.252. The highest BCUT2D eigenvalue weighted by Gasteiger charge is 2.04. The Morgan fingerprint density at radius 3 is 2.77 bits per heavy atom. The molecule has 1 rings (SSSR count). The SMILES string of the molecule is FC(F)Sc1cccc(CCS)c1. The van der Waals surface area contributed by atoms with E-state index in [1.807, 2.05) is 6.07 Å². The molecule has 0 unspecified atom stereocenters. The number of benzene rings is 1. The van der Waals surface area contributed by atoms with Gasteiger partial charge in [0.25, 0.3) is 5.76 Å². The van der Waals surface area contributed by atoms with Crippen molar-refractivity contribution in [2.24, 2.45) is 0 Å². The van der Waals surface area contributed by atoms with Gasteiger partial charge in [0.1, 0.15) is 0 Å². The van der Waals surface area contributed by atoms with Crippen LogP contribution < -0.4 is 0 Å². The summed E-state index contributed by atoms with van der Waals surface area (Å²) in [4.78, 5) is 0.620. The molecule has 0 amide bonds. The topological polar surface area (TPSA) is 0 Å². The Balaban J connectivity index is 2.67. The fraction of sp³-hybridized carbons (Fsp3) is 0.333. The summed E-state index contributed by atoms with van der Waals surface area (Å²) < 4.78 is 24.0. The molecule has 0 spiro atoms. The Labute approximate surface area is 86.1 Å². The lowest BCUT2D eigenvalue weighted by atomic mass is 10.2. The molecule has 0 fully saturated rings. The molecule has 0 bridgehead atoms. The number of rotatable bonds is 4. The van der Waals surface area contributed by atoms with Gasteiger partial charge in [0.05, 0.1) is 0 Å². The molecule has 1 aromatic rings. The fourth-order valence-corrected chi connectivity index (χ4v) is 1.85. The Morgan fingerprint density at radius 2 is 2.15 bits per heavy atom. The Morgan fingerprint density at radius 1 is 1.38 bits per heavy atom. The maximum atomic E-state index is 12.0. The summed E-state index contributed by atoms with van der Waals surface area (Å²) in [5.41, 5.74) is 1.06. The van der Waals surface area contributed by atoms with Crippen molar-refractivity contribution in [1.29, 1.82) is 0 Å². The van der Waals surface area contributed by atoms with Crippen LogP contribution in [0.1, 0.15) is 5.56 Å². The molecular formula is C9H10F2S2. The number of alkyl halides is 2. The van der Waals surface area contributed by atoms with E-state index in [-0.39, 0.29) is 0 Å². The number of aryl methyl sites for hydroxylation is 1. The predicted octanol–water partition coefficient (Wildman–Crippen LogP) is 3.47. The first kappa shape index (κ1) is 10.9. The Bertz CT molecular complexity index is 264. The van der Waals surface area contributed by atoms with Crippen molar-refractivity contribution in [2.75, 3.05) is 5.75 Å². The molecule has 0 saturated carbocycles. The van der Waals surface area contributed by atoms with Crippen LogP contribution in [0.2, 0.25) is 0 Å². The van der Waals surface area contributed by atoms with Crippen molar-refractivity contribution in [2.45, 2.75) is 17.1 Å². The van der Waals surface area contributed by atoms with Crippen LogP contribution in [0.15, 0.2) is 29.2 Å². The minimum atomic E-state index is -2.34. The van der Waals surface area contributed by atoms with Crippen LogP contribution in [0.25, 0.3) is 0 Å². The average molecular weight is 220 g/mol. The van der Waals surface area contributed by atoms with Gasteiger partial charge in [0, 0.05) is 4.90 Å². The van der Waals surface area contributed by atoms with Gasteiger partial charge in [0.2, 0.25) is 0 Å². The van der Waals surface area contributed by atoms with Gasteiger partial charge >= 0.3 is 0 Å². The van der Waals surface area contributed by atoms with Gasteiger partial charge < -0.3 is 0 Å². The third kappa shape index (κ3) is 4.00. The molecule has 0 atom stereocenters. The molecule has 4 heteroatoms. The van der Waals surface area contributed by atoms with Gasteiger partial charge in [-0.15, -0.1) is 0 Å². The summed E-state index contributed by atoms with van der Waals surface area (Å²) in [5, 5.41) is 0. The molecule has 0 heterocycles. The highest BCUT2D eigenvalue weighted by atomic mass is 32.2. The van der Waals surface area contributed by atoms with Crippen LogP contribution in [0.4, 0.5) is 8.78 Å². The Kier molecular flexibility index (Phi) is 4.59. The van der Waals surface area contributed by atoms with E-state index in [2.05, 4.69) is 12.6 Å². The standard InChI is InChI=1S/C9H10F2S2/c10-9(11)13-8-3-1-2-7(6-8)4-5-12/h1-3,6,9,12H,4-5H2. The second-order valence-electron chi connectivity index (χ2n) is 2.50. The van der Waals surface area contributed by atoms with Crippen LogP contribution in [-0.2, 0) is 6.42 Å². The maximum Gasteiger partial charge on any atom is 0.288 e. The highest BCUT2D eigenvalue weighted by molar-refractivity contribution is 7.99. The largest absolute Gasteiger partial charge is 0.288 e. The van der Waals surface area contributed by atoms with Crippen LogP contribution >= 0.6 is 24.4 Å². The van der Waals surface area contributed by atoms with E-state index < -0.39 is 5.76 Å². The Hall–Kier alpha value is -0.220. The normalized spacial score (nSPS) is 10.8. The van der Waals surface area contributed by atoms with E-state index in [9.17, 15) is 8.78 Å². The van der Waals surface area contributed by atoms with E-state index >= 15 is 0 Å². The summed E-state index contributed by atoms with van der Waals surface area (Å²) >= 11 is 4.66. The zero-order chi connectivity index (χ0) is 9.68. The molecule has 1 aromatic carbocycles. The van der Waals surface area contributed by atoms with Crippen molar-refractivity contribution >= 4 is 24.4 Å². The molecule has 0 radical (unpaired) electrons. The fourth-order valence-electron chi connectivity index (χ4n) is 1.01. The first-order chi connectivity index (χ1) is 6.22. The quantitative estimate of drug-likeness (QED) is 0.599. The second kappa shape index (κ2) is 5.50. The van der Waals surface area contributed by atoms with E-state index in [1.54, 1.807) is 18.2 Å². The van der Waals surface area contributed by atoms with Crippen molar-refractivity contribution in [3.63, 3.8) is 0 Å². The number of thiol groups is 1. The van der Waals surface area contributed by atoms with Crippen LogP contribution in [0.3, 0.4) is 0 Å². The minimum absolute atomic E-state index is 0.580. The molecule has 13 heavy (non-hydrogen) atoms. The van der Waals surface area contributed by atoms with Gasteiger partial charge in [-0.3, -0.25) is 0 Å². The molecule has 0 aliphatic heterocycles. The monoisotopic (exact) mass is 220 g/mol. The first-order valence-electron chi connectivity index (χ1n) is 3.87. The minimum Gasteiger partial charge on any atom is -0.198 e. The van der Waals surface area contributed by atoms with Gasteiger partial charge in [-0.25, -0.2) is 0 Å². The molecular weight excluding hydrogens is 210 g/mol. The van der Waals surface area contributed by atoms with E-state index in [1.165, 1.54) is 0 Å². The van der Waals surface area contributed by atoms with Gasteiger partial charge in [-0.05, 0) is 29.9 Å². The zero-order valence-corrected chi connectivity index (χ0v) is 8.62. The zero-order valence-electron chi connectivity index (χ0n) is 6.91. The molecule has 0 saturated heterocycles. The maximum absolute atomic E-state index is 12.0. The lowest BCUT2D eigenvalue weighted by Crippen LogP contribution is -1.87. The van der Waals surface area contributed by atoms with Crippen molar-refractivity contribution in [3.05, 3.63) is 29.8 Å². The van der Waals surface area contributed by atoms with Crippen LogP contribution in [0.5, 0.6) is 0 Å². The molecule has 72 valence electrons. The van der Waals surface area contributed by atoms with E-state index in [4.69, 9.17) is 0 Å². The van der Waals surface area contributed by atoms with Crippen molar-refractivity contribution in [3.8, 4) is 0 Å². The summed E-state index contributed by atoms with van der Waals surface area (Å²) in [6.45, 7) is 0. The summed E-state index contributed by atoms with van der Waals surface area (Å²) in [6.07, 6.45) is 0.820. The highest BCUT2D eigenvalue weighted by Crippen LogP contribution is 2.25. The predicted molar refractivity (Wildman–Crippen MR) is 55.9 cm³/mol. The summed E-state index contributed by atoms with van der Waals surface area (Å²) in [7, 11) is 0. The van der Waals surface area contributed by atoms with Gasteiger partial charge in [-0.2, -0.15) is 21.4 Å². The first-order valence-corrected chi connectivity index (χ1v) is 5.38. The van der Waals surface area contributed by atoms with Crippen molar-refractivity contribution < 1.29 is 8.78 Å². The number of halogens is 2.